The number of halogens is 1. The molecule has 9 atom stereocenters. The Balaban J connectivity index is 1.78. The molecule has 0 aromatic heterocycles. The number of carbonyl (C=O) groups is 2. The minimum Gasteiger partial charge on any atom is -0.393 e. The van der Waals surface area contributed by atoms with Crippen molar-refractivity contribution in [3.63, 3.8) is 0 Å². The summed E-state index contributed by atoms with van der Waals surface area (Å²) in [6, 6.07) is 0. The fraction of sp³-hybridized carbons (Fsp3) is 0.714. The fourth-order valence-electron chi connectivity index (χ4n) is 7.29. The lowest BCUT2D eigenvalue weighted by Crippen LogP contribution is -2.58. The third-order valence-corrected chi connectivity index (χ3v) is 8.17. The number of rotatable bonds is 1. The van der Waals surface area contributed by atoms with Gasteiger partial charge in [-0.2, -0.15) is 0 Å². The van der Waals surface area contributed by atoms with Gasteiger partial charge in [-0.25, -0.2) is 4.39 Å². The third kappa shape index (κ3) is 2.38. The van der Waals surface area contributed by atoms with E-state index in [-0.39, 0.29) is 35.9 Å². The predicted octanol–water partition coefficient (Wildman–Crippen LogP) is 3.37. The van der Waals surface area contributed by atoms with Crippen LogP contribution in [0.2, 0.25) is 0 Å². The number of hydrogen-bond acceptors (Lipinski definition) is 4. The van der Waals surface area contributed by atoms with Gasteiger partial charge in [0, 0.05) is 16.5 Å². The molecule has 3 unspecified atom stereocenters. The quantitative estimate of drug-likeness (QED) is 0.712. The van der Waals surface area contributed by atoms with Crippen molar-refractivity contribution < 1.29 is 19.1 Å². The lowest BCUT2D eigenvalue weighted by molar-refractivity contribution is -0.142. The Bertz CT molecular complexity index is 776. The van der Waals surface area contributed by atoms with Crippen LogP contribution in [0.3, 0.4) is 0 Å². The van der Waals surface area contributed by atoms with Gasteiger partial charge in [0.05, 0.1) is 12.0 Å². The van der Waals surface area contributed by atoms with E-state index in [0.717, 1.165) is 6.42 Å². The average Bonchev–Trinajstić information content (AvgIpc) is 2.85. The summed E-state index contributed by atoms with van der Waals surface area (Å²) in [5.74, 6) is -1.69. The van der Waals surface area contributed by atoms with E-state index in [1.54, 1.807) is 6.08 Å². The van der Waals surface area contributed by atoms with Crippen LogP contribution in [-0.2, 0) is 9.59 Å². The van der Waals surface area contributed by atoms with Gasteiger partial charge >= 0.3 is 0 Å². The normalized spacial score (nSPS) is 51.1. The van der Waals surface area contributed by atoms with E-state index < -0.39 is 34.9 Å². The molecule has 0 spiro atoms. The Kier molecular flexibility index (Phi) is 4.08. The largest absolute Gasteiger partial charge is 0.393 e. The molecule has 146 valence electrons. The topological polar surface area (TPSA) is 83.8 Å². The molecule has 0 bridgehead atoms. The Morgan fingerprint density at radius 3 is 2.70 bits per heavy atom. The standard InChI is InChI=1S/C21H26FNO4/c1-10-6-13-12-8-15(22)14-7-11(24)4-5-20(14,2)18(12)16(25)9-21(13,3)17(10)19(26)23-27/h4-5,7,10,12-13,15-18,25H,6,8-9H2,1-3H3/t10-,12?,13?,15+,16+,17-,18?,20+,21+/m1/s1. The lowest BCUT2D eigenvalue weighted by atomic mass is 9.46. The van der Waals surface area contributed by atoms with Gasteiger partial charge in [0.2, 0.25) is 0 Å². The van der Waals surface area contributed by atoms with Crippen molar-refractivity contribution >= 4 is 11.7 Å². The van der Waals surface area contributed by atoms with Crippen LogP contribution < -0.4 is 0 Å². The summed E-state index contributed by atoms with van der Waals surface area (Å²) in [4.78, 5) is 35.0. The number of fused-ring (bicyclic) bond motifs is 5. The van der Waals surface area contributed by atoms with E-state index >= 15 is 4.39 Å². The van der Waals surface area contributed by atoms with Crippen molar-refractivity contribution in [3.8, 4) is 0 Å². The molecule has 0 aromatic rings. The molecule has 27 heavy (non-hydrogen) atoms. The van der Waals surface area contributed by atoms with Crippen LogP contribution in [-0.4, -0.2) is 29.1 Å². The first-order chi connectivity index (χ1) is 12.6. The van der Waals surface area contributed by atoms with Crippen LogP contribution in [0, 0.1) is 45.3 Å². The molecule has 0 saturated heterocycles. The van der Waals surface area contributed by atoms with Crippen molar-refractivity contribution in [2.45, 2.75) is 52.3 Å². The number of nitroso groups, excluding NO2 is 1. The first kappa shape index (κ1) is 18.7. The van der Waals surface area contributed by atoms with Gasteiger partial charge < -0.3 is 5.11 Å². The zero-order chi connectivity index (χ0) is 19.7. The summed E-state index contributed by atoms with van der Waals surface area (Å²) in [7, 11) is 0. The molecule has 0 aromatic carbocycles. The highest BCUT2D eigenvalue weighted by Gasteiger charge is 2.65. The lowest BCUT2D eigenvalue weighted by Gasteiger charge is -2.59. The van der Waals surface area contributed by atoms with Crippen LogP contribution in [0.5, 0.6) is 0 Å². The molecular weight excluding hydrogens is 349 g/mol. The minimum atomic E-state index is -1.24. The van der Waals surface area contributed by atoms with Gasteiger partial charge in [0.25, 0.3) is 5.91 Å². The van der Waals surface area contributed by atoms with E-state index in [1.165, 1.54) is 12.2 Å². The summed E-state index contributed by atoms with van der Waals surface area (Å²) in [6.07, 6.45) is 3.99. The number of nitrogens with zero attached hydrogens (tertiary/aromatic N) is 1. The Hall–Kier alpha value is -1.69. The predicted molar refractivity (Wildman–Crippen MR) is 97.1 cm³/mol. The van der Waals surface area contributed by atoms with E-state index in [1.807, 2.05) is 20.8 Å². The van der Waals surface area contributed by atoms with Gasteiger partial charge in [0.1, 0.15) is 6.17 Å². The second-order valence-corrected chi connectivity index (χ2v) is 9.51. The van der Waals surface area contributed by atoms with Gasteiger partial charge in [0.15, 0.2) is 5.78 Å². The molecule has 5 nitrogen and oxygen atoms in total. The maximum atomic E-state index is 15.2. The molecule has 4 rings (SSSR count). The van der Waals surface area contributed by atoms with E-state index in [4.69, 9.17) is 0 Å². The minimum absolute atomic E-state index is 0.0255. The van der Waals surface area contributed by atoms with Crippen molar-refractivity contribution in [2.24, 2.45) is 45.6 Å². The monoisotopic (exact) mass is 375 g/mol. The van der Waals surface area contributed by atoms with E-state index in [2.05, 4.69) is 5.18 Å². The SMILES string of the molecule is C[C@@H]1CC2C3C[C@H](F)C4=CC(=O)C=C[C@]4(C)C3[C@@H](O)C[C@]2(C)[C@H]1C(=O)N=O. The van der Waals surface area contributed by atoms with Gasteiger partial charge in [-0.05, 0) is 60.2 Å². The van der Waals surface area contributed by atoms with E-state index in [9.17, 15) is 19.6 Å². The maximum Gasteiger partial charge on any atom is 0.290 e. The van der Waals surface area contributed by atoms with Gasteiger partial charge in [-0.3, -0.25) is 9.59 Å². The first-order valence-corrected chi connectivity index (χ1v) is 9.78. The van der Waals surface area contributed by atoms with Crippen molar-refractivity contribution in [2.75, 3.05) is 0 Å². The summed E-state index contributed by atoms with van der Waals surface area (Å²) in [6.45, 7) is 5.81. The third-order valence-electron chi connectivity index (χ3n) is 8.17. The molecule has 6 heteroatoms. The first-order valence-electron chi connectivity index (χ1n) is 9.78. The maximum absolute atomic E-state index is 15.2. The highest BCUT2D eigenvalue weighted by atomic mass is 19.1. The van der Waals surface area contributed by atoms with Crippen molar-refractivity contribution in [1.82, 2.24) is 0 Å². The van der Waals surface area contributed by atoms with Crippen molar-refractivity contribution in [1.29, 1.82) is 0 Å². The molecule has 4 aliphatic rings. The van der Waals surface area contributed by atoms with Crippen LogP contribution in [0.15, 0.2) is 29.0 Å². The van der Waals surface area contributed by atoms with Crippen LogP contribution in [0.4, 0.5) is 4.39 Å². The molecule has 0 heterocycles. The summed E-state index contributed by atoms with van der Waals surface area (Å²) >= 11 is 0. The number of carbonyl (C=O) groups excluding carboxylic acids is 2. The van der Waals surface area contributed by atoms with Gasteiger partial charge in [-0.1, -0.05) is 26.8 Å². The Morgan fingerprint density at radius 1 is 1.33 bits per heavy atom. The number of amides is 1. The summed E-state index contributed by atoms with van der Waals surface area (Å²) in [5.41, 5.74) is -0.797. The number of allylic oxidation sites excluding steroid dienone is 4. The van der Waals surface area contributed by atoms with Crippen LogP contribution in [0.25, 0.3) is 0 Å². The van der Waals surface area contributed by atoms with Crippen LogP contribution in [0.1, 0.15) is 40.0 Å². The molecule has 1 N–H and O–H groups in total. The highest BCUT2D eigenvalue weighted by molar-refractivity contribution is 6.01. The van der Waals surface area contributed by atoms with Crippen molar-refractivity contribution in [3.05, 3.63) is 28.7 Å². The number of hydrogen-bond donors (Lipinski definition) is 1. The van der Waals surface area contributed by atoms with Gasteiger partial charge in [-0.15, -0.1) is 4.91 Å². The Labute approximate surface area is 158 Å². The second kappa shape index (κ2) is 5.90. The summed E-state index contributed by atoms with van der Waals surface area (Å²) in [5, 5.41) is 13.8. The number of alkyl halides is 1. The number of ketones is 1. The second-order valence-electron chi connectivity index (χ2n) is 9.51. The number of aliphatic hydroxyl groups is 1. The smallest absolute Gasteiger partial charge is 0.290 e. The molecule has 0 aliphatic heterocycles. The fourth-order valence-corrected chi connectivity index (χ4v) is 7.29. The molecule has 1 amide bonds. The molecular formula is C21H26FNO4. The zero-order valence-electron chi connectivity index (χ0n) is 15.9. The average molecular weight is 375 g/mol. The molecule has 4 aliphatic carbocycles. The summed E-state index contributed by atoms with van der Waals surface area (Å²) < 4.78 is 15.2. The highest BCUT2D eigenvalue weighted by Crippen LogP contribution is 2.67. The zero-order valence-corrected chi connectivity index (χ0v) is 15.9. The van der Waals surface area contributed by atoms with E-state index in [0.29, 0.717) is 12.0 Å². The Morgan fingerprint density at radius 2 is 2.04 bits per heavy atom. The number of aliphatic hydroxyl groups excluding tert-OH is 1. The molecule has 3 fully saturated rings. The molecule has 3 saturated carbocycles. The van der Waals surface area contributed by atoms with Crippen LogP contribution >= 0.6 is 0 Å². The molecule has 0 radical (unpaired) electrons.